The molecule has 2 amide bonds. The summed E-state index contributed by atoms with van der Waals surface area (Å²) < 4.78 is 1.51. The van der Waals surface area contributed by atoms with Crippen molar-refractivity contribution in [3.8, 4) is 0 Å². The van der Waals surface area contributed by atoms with Crippen LogP contribution in [0.15, 0.2) is 12.4 Å². The van der Waals surface area contributed by atoms with Crippen molar-refractivity contribution in [2.45, 2.75) is 25.3 Å². The number of urea groups is 1. The molecule has 1 fully saturated rings. The Labute approximate surface area is 111 Å². The number of rotatable bonds is 3. The molecule has 1 saturated heterocycles. The van der Waals surface area contributed by atoms with Crippen molar-refractivity contribution in [3.63, 3.8) is 0 Å². The van der Waals surface area contributed by atoms with Crippen molar-refractivity contribution < 1.29 is 14.7 Å². The van der Waals surface area contributed by atoms with Crippen LogP contribution in [0.4, 0.5) is 4.79 Å². The highest BCUT2D eigenvalue weighted by Crippen LogP contribution is 2.14. The lowest BCUT2D eigenvalue weighted by Gasteiger charge is -2.28. The average molecular weight is 266 g/mol. The molecule has 2 N–H and O–H groups in total. The zero-order valence-electron chi connectivity index (χ0n) is 10.9. The topological polar surface area (TPSA) is 87.5 Å². The first-order chi connectivity index (χ1) is 9.08. The van der Waals surface area contributed by atoms with Crippen molar-refractivity contribution in [1.82, 2.24) is 20.0 Å². The molecule has 1 aliphatic heterocycles. The van der Waals surface area contributed by atoms with Crippen molar-refractivity contribution in [1.29, 1.82) is 0 Å². The van der Waals surface area contributed by atoms with Gasteiger partial charge in [-0.2, -0.15) is 5.10 Å². The lowest BCUT2D eigenvalue weighted by atomic mass is 10.1. The Morgan fingerprint density at radius 2 is 2.05 bits per heavy atom. The fourth-order valence-corrected chi connectivity index (χ4v) is 2.19. The fraction of sp³-hybridized carbons (Fsp3) is 0.583. The number of nitrogens with one attached hydrogen (secondary N) is 1. The summed E-state index contributed by atoms with van der Waals surface area (Å²) in [5, 5.41) is 15.7. The van der Waals surface area contributed by atoms with E-state index in [-0.39, 0.29) is 6.03 Å². The van der Waals surface area contributed by atoms with Crippen LogP contribution in [-0.2, 0) is 11.8 Å². The Bertz CT molecular complexity index is 465. The minimum Gasteiger partial charge on any atom is -0.479 e. The first-order valence-corrected chi connectivity index (χ1v) is 6.34. The van der Waals surface area contributed by atoms with E-state index in [4.69, 9.17) is 0 Å². The summed E-state index contributed by atoms with van der Waals surface area (Å²) in [4.78, 5) is 24.9. The van der Waals surface area contributed by atoms with Gasteiger partial charge in [-0.05, 0) is 19.3 Å². The first-order valence-electron chi connectivity index (χ1n) is 6.34. The molecule has 0 bridgehead atoms. The van der Waals surface area contributed by atoms with Gasteiger partial charge in [0.05, 0.1) is 6.20 Å². The Hall–Kier alpha value is -2.05. The van der Waals surface area contributed by atoms with Crippen LogP contribution in [0.2, 0.25) is 0 Å². The lowest BCUT2D eigenvalue weighted by Crippen LogP contribution is -2.45. The standard InChI is InChI=1S/C12H18N4O3/c1-15-8-9(7-13-15)10(11(17)18)14-12(19)16-5-3-2-4-6-16/h7-8,10H,2-6H2,1H3,(H,14,19)(H,17,18). The molecule has 1 atom stereocenters. The molecule has 1 aromatic rings. The SMILES string of the molecule is Cn1cc(C(NC(=O)N2CCCCC2)C(=O)O)cn1. The maximum Gasteiger partial charge on any atom is 0.331 e. The number of carboxylic acids is 1. The largest absolute Gasteiger partial charge is 0.479 e. The van der Waals surface area contributed by atoms with Crippen molar-refractivity contribution in [2.24, 2.45) is 7.05 Å². The molecule has 0 aromatic carbocycles. The predicted molar refractivity (Wildman–Crippen MR) is 67.5 cm³/mol. The molecule has 7 heteroatoms. The summed E-state index contributed by atoms with van der Waals surface area (Å²) >= 11 is 0. The average Bonchev–Trinajstić information content (AvgIpc) is 2.82. The summed E-state index contributed by atoms with van der Waals surface area (Å²) in [5.41, 5.74) is 0.473. The Morgan fingerprint density at radius 3 is 2.58 bits per heavy atom. The van der Waals surface area contributed by atoms with Gasteiger partial charge < -0.3 is 15.3 Å². The molecular formula is C12H18N4O3. The molecule has 1 aliphatic rings. The number of piperidine rings is 1. The normalized spacial score (nSPS) is 17.0. The van der Waals surface area contributed by atoms with E-state index in [9.17, 15) is 14.7 Å². The highest BCUT2D eigenvalue weighted by Gasteiger charge is 2.26. The number of amides is 2. The Morgan fingerprint density at radius 1 is 1.37 bits per heavy atom. The number of nitrogens with zero attached hydrogens (tertiary/aromatic N) is 3. The van der Waals surface area contributed by atoms with E-state index in [0.29, 0.717) is 18.7 Å². The molecule has 104 valence electrons. The minimum atomic E-state index is -1.08. The number of hydrogen-bond acceptors (Lipinski definition) is 3. The third-order valence-electron chi connectivity index (χ3n) is 3.22. The number of aryl methyl sites for hydroxylation is 1. The van der Waals surface area contributed by atoms with Gasteiger partial charge in [-0.1, -0.05) is 0 Å². The van der Waals surface area contributed by atoms with E-state index < -0.39 is 12.0 Å². The molecule has 0 radical (unpaired) electrons. The van der Waals surface area contributed by atoms with Gasteiger partial charge in [0.2, 0.25) is 0 Å². The third-order valence-corrected chi connectivity index (χ3v) is 3.22. The number of carboxylic acid groups (broad SMARTS) is 1. The van der Waals surface area contributed by atoms with Crippen LogP contribution >= 0.6 is 0 Å². The minimum absolute atomic E-state index is 0.323. The van der Waals surface area contributed by atoms with Crippen LogP contribution in [0.25, 0.3) is 0 Å². The van der Waals surface area contributed by atoms with E-state index in [0.717, 1.165) is 19.3 Å². The molecule has 2 heterocycles. The zero-order chi connectivity index (χ0) is 13.8. The summed E-state index contributed by atoms with van der Waals surface area (Å²) in [5.74, 6) is -1.08. The van der Waals surface area contributed by atoms with Crippen molar-refractivity contribution in [2.75, 3.05) is 13.1 Å². The maximum absolute atomic E-state index is 12.0. The van der Waals surface area contributed by atoms with E-state index >= 15 is 0 Å². The van der Waals surface area contributed by atoms with Crippen LogP contribution in [0, 0.1) is 0 Å². The van der Waals surface area contributed by atoms with Gasteiger partial charge in [0.25, 0.3) is 0 Å². The van der Waals surface area contributed by atoms with Gasteiger partial charge in [-0.3, -0.25) is 4.68 Å². The van der Waals surface area contributed by atoms with E-state index in [2.05, 4.69) is 10.4 Å². The van der Waals surface area contributed by atoms with Gasteiger partial charge in [-0.15, -0.1) is 0 Å². The van der Waals surface area contributed by atoms with E-state index in [1.54, 1.807) is 18.1 Å². The monoisotopic (exact) mass is 266 g/mol. The first kappa shape index (κ1) is 13.4. The van der Waals surface area contributed by atoms with Crippen LogP contribution in [-0.4, -0.2) is 44.9 Å². The number of aromatic nitrogens is 2. The molecule has 0 aliphatic carbocycles. The molecular weight excluding hydrogens is 248 g/mol. The fourth-order valence-electron chi connectivity index (χ4n) is 2.19. The van der Waals surface area contributed by atoms with E-state index in [1.807, 2.05) is 0 Å². The number of likely N-dealkylation sites (tertiary alicyclic amines) is 1. The van der Waals surface area contributed by atoms with Crippen molar-refractivity contribution in [3.05, 3.63) is 18.0 Å². The second kappa shape index (κ2) is 5.73. The number of carbonyl (C=O) groups excluding carboxylic acids is 1. The molecule has 1 aromatic heterocycles. The number of carbonyl (C=O) groups is 2. The van der Waals surface area contributed by atoms with Crippen LogP contribution < -0.4 is 5.32 Å². The van der Waals surface area contributed by atoms with Gasteiger partial charge in [0.15, 0.2) is 6.04 Å². The maximum atomic E-state index is 12.0. The second-order valence-electron chi connectivity index (χ2n) is 4.72. The Kier molecular flexibility index (Phi) is 4.03. The quantitative estimate of drug-likeness (QED) is 0.844. The van der Waals surface area contributed by atoms with Crippen LogP contribution in [0.1, 0.15) is 30.9 Å². The third kappa shape index (κ3) is 3.24. The van der Waals surface area contributed by atoms with Gasteiger partial charge in [0.1, 0.15) is 0 Å². The lowest BCUT2D eigenvalue weighted by molar-refractivity contribution is -0.139. The summed E-state index contributed by atoms with van der Waals surface area (Å²) in [6.45, 7) is 1.37. The summed E-state index contributed by atoms with van der Waals surface area (Å²) in [6, 6.07) is -1.38. The molecule has 0 spiro atoms. The molecule has 2 rings (SSSR count). The number of aliphatic carboxylic acids is 1. The van der Waals surface area contributed by atoms with Crippen LogP contribution in [0.5, 0.6) is 0 Å². The smallest absolute Gasteiger partial charge is 0.331 e. The number of hydrogen-bond donors (Lipinski definition) is 2. The molecule has 7 nitrogen and oxygen atoms in total. The summed E-state index contributed by atoms with van der Waals surface area (Å²) in [7, 11) is 1.70. The van der Waals surface area contributed by atoms with Gasteiger partial charge in [-0.25, -0.2) is 9.59 Å². The zero-order valence-corrected chi connectivity index (χ0v) is 10.9. The van der Waals surface area contributed by atoms with Gasteiger partial charge >= 0.3 is 12.0 Å². The summed E-state index contributed by atoms with van der Waals surface area (Å²) in [6.07, 6.45) is 6.11. The second-order valence-corrected chi connectivity index (χ2v) is 4.72. The molecule has 19 heavy (non-hydrogen) atoms. The molecule has 1 unspecified atom stereocenters. The molecule has 0 saturated carbocycles. The van der Waals surface area contributed by atoms with E-state index in [1.165, 1.54) is 10.9 Å². The van der Waals surface area contributed by atoms with Crippen LogP contribution in [0.3, 0.4) is 0 Å². The van der Waals surface area contributed by atoms with Gasteiger partial charge in [0, 0.05) is 31.9 Å². The van der Waals surface area contributed by atoms with Crippen molar-refractivity contribution >= 4 is 12.0 Å². The Balaban J connectivity index is 2.04. The predicted octanol–water partition coefficient (Wildman–Crippen LogP) is 0.741. The highest BCUT2D eigenvalue weighted by molar-refractivity contribution is 5.83. The highest BCUT2D eigenvalue weighted by atomic mass is 16.4.